The Kier molecular flexibility index (Phi) is 5.10. The molecule has 0 saturated carbocycles. The third-order valence-corrected chi connectivity index (χ3v) is 3.00. The van der Waals surface area contributed by atoms with E-state index in [0.717, 1.165) is 10.9 Å². The summed E-state index contributed by atoms with van der Waals surface area (Å²) in [6.07, 6.45) is 0.995. The van der Waals surface area contributed by atoms with Gasteiger partial charge in [-0.25, -0.2) is 4.98 Å². The Morgan fingerprint density at radius 1 is 1.43 bits per heavy atom. The molecule has 1 N–H and O–H groups in total. The number of carbonyl (C=O) groups excluding carboxylic acids is 1. The van der Waals surface area contributed by atoms with Crippen molar-refractivity contribution in [2.75, 3.05) is 18.5 Å². The first-order chi connectivity index (χ1) is 10.2. The van der Waals surface area contributed by atoms with Gasteiger partial charge in [0, 0.05) is 18.4 Å². The maximum Gasteiger partial charge on any atom is 0.305 e. The summed E-state index contributed by atoms with van der Waals surface area (Å²) >= 11 is 0. The number of nitrogens with zero attached hydrogens (tertiary/aromatic N) is 2. The number of hydrogen-bond donors (Lipinski definition) is 1. The van der Waals surface area contributed by atoms with Crippen molar-refractivity contribution in [3.63, 3.8) is 0 Å². The Morgan fingerprint density at radius 2 is 2.24 bits per heavy atom. The molecule has 5 nitrogen and oxygen atoms in total. The van der Waals surface area contributed by atoms with Crippen LogP contribution in [0.25, 0.3) is 10.9 Å². The first-order valence-electron chi connectivity index (χ1n) is 6.94. The van der Waals surface area contributed by atoms with Crippen LogP contribution in [0.15, 0.2) is 30.3 Å². The van der Waals surface area contributed by atoms with E-state index < -0.39 is 0 Å². The summed E-state index contributed by atoms with van der Waals surface area (Å²) in [5.74, 6) is 0.353. The van der Waals surface area contributed by atoms with Gasteiger partial charge in [-0.2, -0.15) is 5.26 Å². The highest BCUT2D eigenvalue weighted by atomic mass is 16.5. The van der Waals surface area contributed by atoms with Crippen molar-refractivity contribution in [3.05, 3.63) is 35.9 Å². The maximum atomic E-state index is 11.2. The molecule has 1 heterocycles. The topological polar surface area (TPSA) is 75.0 Å². The molecule has 0 spiro atoms. The van der Waals surface area contributed by atoms with E-state index in [2.05, 4.69) is 16.4 Å². The summed E-state index contributed by atoms with van der Waals surface area (Å²) in [4.78, 5) is 15.7. The molecule has 2 aromatic rings. The normalized spacial score (nSPS) is 10.1. The molecule has 0 aliphatic carbocycles. The molecule has 0 unspecified atom stereocenters. The quantitative estimate of drug-likeness (QED) is 0.651. The molecular formula is C16H17N3O2. The van der Waals surface area contributed by atoms with Crippen LogP contribution in [-0.4, -0.2) is 24.1 Å². The van der Waals surface area contributed by atoms with Crippen LogP contribution in [0.3, 0.4) is 0 Å². The summed E-state index contributed by atoms with van der Waals surface area (Å²) < 4.78 is 4.86. The van der Waals surface area contributed by atoms with E-state index in [1.807, 2.05) is 30.3 Å². The van der Waals surface area contributed by atoms with E-state index in [1.54, 1.807) is 6.92 Å². The Labute approximate surface area is 123 Å². The zero-order valence-corrected chi connectivity index (χ0v) is 11.9. The second-order valence-electron chi connectivity index (χ2n) is 4.52. The number of hydrogen-bond acceptors (Lipinski definition) is 5. The van der Waals surface area contributed by atoms with Gasteiger partial charge in [0.25, 0.3) is 0 Å². The first kappa shape index (κ1) is 14.8. The van der Waals surface area contributed by atoms with Crippen molar-refractivity contribution in [1.29, 1.82) is 5.26 Å². The van der Waals surface area contributed by atoms with Crippen LogP contribution in [0.1, 0.15) is 25.3 Å². The lowest BCUT2D eigenvalue weighted by molar-refractivity contribution is -0.143. The fourth-order valence-electron chi connectivity index (χ4n) is 2.01. The number of nitriles is 1. The van der Waals surface area contributed by atoms with Crippen molar-refractivity contribution in [3.8, 4) is 6.07 Å². The van der Waals surface area contributed by atoms with Gasteiger partial charge in [0.1, 0.15) is 11.9 Å². The Balaban J connectivity index is 2.01. The standard InChI is InChI=1S/C16H17N3O2/c1-2-21-15(20)8-5-9-18-16-13(11-17)10-12-6-3-4-7-14(12)19-16/h3-4,6-7,10H,2,5,8-9H2,1H3,(H,18,19). The molecule has 1 aromatic carbocycles. The molecule has 2 rings (SSSR count). The smallest absolute Gasteiger partial charge is 0.305 e. The third kappa shape index (κ3) is 3.93. The molecule has 0 atom stereocenters. The molecule has 0 fully saturated rings. The van der Waals surface area contributed by atoms with Gasteiger partial charge in [-0.1, -0.05) is 18.2 Å². The average Bonchev–Trinajstić information content (AvgIpc) is 2.51. The number of fused-ring (bicyclic) bond motifs is 1. The van der Waals surface area contributed by atoms with Gasteiger partial charge >= 0.3 is 5.97 Å². The molecular weight excluding hydrogens is 266 g/mol. The van der Waals surface area contributed by atoms with E-state index in [0.29, 0.717) is 37.4 Å². The largest absolute Gasteiger partial charge is 0.466 e. The number of esters is 1. The molecule has 108 valence electrons. The minimum atomic E-state index is -0.203. The first-order valence-corrected chi connectivity index (χ1v) is 6.94. The molecule has 0 aliphatic heterocycles. The monoisotopic (exact) mass is 283 g/mol. The maximum absolute atomic E-state index is 11.2. The van der Waals surface area contributed by atoms with Crippen LogP contribution in [0.5, 0.6) is 0 Å². The Bertz CT molecular complexity index is 677. The van der Waals surface area contributed by atoms with Gasteiger partial charge in [0.05, 0.1) is 17.7 Å². The van der Waals surface area contributed by atoms with E-state index in [1.165, 1.54) is 0 Å². The van der Waals surface area contributed by atoms with Gasteiger partial charge < -0.3 is 10.1 Å². The van der Waals surface area contributed by atoms with Crippen molar-refractivity contribution in [1.82, 2.24) is 4.98 Å². The molecule has 21 heavy (non-hydrogen) atoms. The van der Waals surface area contributed by atoms with Gasteiger partial charge in [-0.3, -0.25) is 4.79 Å². The lowest BCUT2D eigenvalue weighted by atomic mass is 10.1. The van der Waals surface area contributed by atoms with Crippen molar-refractivity contribution < 1.29 is 9.53 Å². The van der Waals surface area contributed by atoms with E-state index in [-0.39, 0.29) is 5.97 Å². The number of benzene rings is 1. The number of anilines is 1. The van der Waals surface area contributed by atoms with Crippen LogP contribution < -0.4 is 5.32 Å². The number of ether oxygens (including phenoxy) is 1. The van der Waals surface area contributed by atoms with Gasteiger partial charge in [-0.05, 0) is 25.5 Å². The average molecular weight is 283 g/mol. The summed E-state index contributed by atoms with van der Waals surface area (Å²) in [7, 11) is 0. The number of para-hydroxylation sites is 1. The highest BCUT2D eigenvalue weighted by Crippen LogP contribution is 2.19. The zero-order chi connectivity index (χ0) is 15.1. The lowest BCUT2D eigenvalue weighted by Gasteiger charge is -2.08. The van der Waals surface area contributed by atoms with Gasteiger partial charge in [0.15, 0.2) is 0 Å². The van der Waals surface area contributed by atoms with Crippen molar-refractivity contribution in [2.45, 2.75) is 19.8 Å². The van der Waals surface area contributed by atoms with Crippen molar-refractivity contribution >= 4 is 22.7 Å². The predicted octanol–water partition coefficient (Wildman–Crippen LogP) is 2.86. The molecule has 5 heteroatoms. The SMILES string of the molecule is CCOC(=O)CCCNc1nc2ccccc2cc1C#N. The zero-order valence-electron chi connectivity index (χ0n) is 11.9. The predicted molar refractivity (Wildman–Crippen MR) is 80.8 cm³/mol. The second kappa shape index (κ2) is 7.25. The van der Waals surface area contributed by atoms with Crippen LogP contribution >= 0.6 is 0 Å². The fourth-order valence-corrected chi connectivity index (χ4v) is 2.01. The van der Waals surface area contributed by atoms with Crippen LogP contribution in [0.4, 0.5) is 5.82 Å². The lowest BCUT2D eigenvalue weighted by Crippen LogP contribution is -2.09. The number of pyridine rings is 1. The van der Waals surface area contributed by atoms with E-state index in [4.69, 9.17) is 4.74 Å². The van der Waals surface area contributed by atoms with Gasteiger partial charge in [0.2, 0.25) is 0 Å². The van der Waals surface area contributed by atoms with Crippen molar-refractivity contribution in [2.24, 2.45) is 0 Å². The molecule has 0 amide bonds. The summed E-state index contributed by atoms with van der Waals surface area (Å²) in [6, 6.07) is 11.6. The third-order valence-electron chi connectivity index (χ3n) is 3.00. The highest BCUT2D eigenvalue weighted by molar-refractivity contribution is 5.82. The molecule has 0 bridgehead atoms. The molecule has 1 aromatic heterocycles. The molecule has 0 aliphatic rings. The summed E-state index contributed by atoms with van der Waals surface area (Å²) in [5.41, 5.74) is 1.34. The Morgan fingerprint density at radius 3 is 3.00 bits per heavy atom. The van der Waals surface area contributed by atoms with Crippen LogP contribution in [0, 0.1) is 11.3 Å². The van der Waals surface area contributed by atoms with Crippen LogP contribution in [-0.2, 0) is 9.53 Å². The van der Waals surface area contributed by atoms with E-state index >= 15 is 0 Å². The Hall–Kier alpha value is -2.61. The highest BCUT2D eigenvalue weighted by Gasteiger charge is 2.07. The summed E-state index contributed by atoms with van der Waals surface area (Å²) in [6.45, 7) is 2.75. The fraction of sp³-hybridized carbons (Fsp3) is 0.312. The van der Waals surface area contributed by atoms with Crippen LogP contribution in [0.2, 0.25) is 0 Å². The summed E-state index contributed by atoms with van der Waals surface area (Å²) in [5, 5.41) is 13.2. The molecule has 0 saturated heterocycles. The minimum Gasteiger partial charge on any atom is -0.466 e. The van der Waals surface area contributed by atoms with Gasteiger partial charge in [-0.15, -0.1) is 0 Å². The second-order valence-corrected chi connectivity index (χ2v) is 4.52. The number of nitrogens with one attached hydrogen (secondary N) is 1. The number of rotatable bonds is 6. The molecule has 0 radical (unpaired) electrons. The number of aromatic nitrogens is 1. The van der Waals surface area contributed by atoms with E-state index in [9.17, 15) is 10.1 Å². The number of carbonyl (C=O) groups is 1. The minimum absolute atomic E-state index is 0.203.